The summed E-state index contributed by atoms with van der Waals surface area (Å²) in [6.07, 6.45) is 2.04. The molecule has 0 aliphatic carbocycles. The highest BCUT2D eigenvalue weighted by Crippen LogP contribution is 2.32. The number of ether oxygens (including phenoxy) is 2. The van der Waals surface area contributed by atoms with Crippen LogP contribution in [0, 0.1) is 23.7 Å². The molecule has 0 fully saturated rings. The summed E-state index contributed by atoms with van der Waals surface area (Å²) in [5.74, 6) is 12.2. The molecule has 0 amide bonds. The predicted octanol–water partition coefficient (Wildman–Crippen LogP) is 9.10. The number of unbranched alkanes of at least 4 members (excludes halogenated alkanes) is 3. The zero-order valence-corrected chi connectivity index (χ0v) is 27.5. The second kappa shape index (κ2) is 20.0. The maximum Gasteiger partial charge on any atom is 0.417 e. The molecular formula is C38H35F3O4S2. The molecule has 0 N–H and O–H groups in total. The van der Waals surface area contributed by atoms with Crippen LogP contribution in [-0.4, -0.2) is 36.7 Å². The number of hydrogen-bond acceptors (Lipinski definition) is 6. The molecule has 3 aromatic rings. The van der Waals surface area contributed by atoms with Crippen LogP contribution in [0.2, 0.25) is 0 Å². The average molecular weight is 677 g/mol. The second-order valence-corrected chi connectivity index (χ2v) is 12.4. The molecule has 3 aromatic carbocycles. The van der Waals surface area contributed by atoms with Crippen molar-refractivity contribution < 1.29 is 32.2 Å². The lowest BCUT2D eigenvalue weighted by atomic mass is 10.0. The van der Waals surface area contributed by atoms with Crippen LogP contribution in [0.25, 0.3) is 0 Å². The number of rotatable bonds is 15. The van der Waals surface area contributed by atoms with E-state index in [0.29, 0.717) is 24.3 Å². The Labute approximate surface area is 283 Å². The molecule has 0 unspecified atom stereocenters. The molecule has 0 aliphatic rings. The van der Waals surface area contributed by atoms with Gasteiger partial charge in [-0.2, -0.15) is 13.2 Å². The van der Waals surface area contributed by atoms with Crippen molar-refractivity contribution in [1.82, 2.24) is 0 Å². The summed E-state index contributed by atoms with van der Waals surface area (Å²) in [7, 11) is 0. The zero-order chi connectivity index (χ0) is 33.9. The lowest BCUT2D eigenvalue weighted by Gasteiger charge is -2.09. The number of thioether (sulfide) groups is 2. The minimum Gasteiger partial charge on any atom is -0.463 e. The van der Waals surface area contributed by atoms with Gasteiger partial charge in [0.25, 0.3) is 0 Å². The SMILES string of the molecule is C=CC(=O)OCCCCCSc1ccc(C#Cc2ccc(C#Cc3ccc(SCCCCOC(=O)C=C)cc3)c(C(F)(F)F)c2)cc1. The second-order valence-electron chi connectivity index (χ2n) is 10.0. The van der Waals surface area contributed by atoms with E-state index in [2.05, 4.69) is 36.8 Å². The van der Waals surface area contributed by atoms with Crippen LogP contribution in [-0.2, 0) is 25.2 Å². The molecule has 47 heavy (non-hydrogen) atoms. The fraction of sp³-hybridized carbons (Fsp3) is 0.263. The Bertz CT molecular complexity index is 1620. The first kappa shape index (κ1) is 37.2. The minimum atomic E-state index is -4.58. The number of carbonyl (C=O) groups is 2. The molecule has 3 rings (SSSR count). The third-order valence-corrected chi connectivity index (χ3v) is 8.61. The normalized spacial score (nSPS) is 10.5. The van der Waals surface area contributed by atoms with Gasteiger partial charge in [0.2, 0.25) is 0 Å². The van der Waals surface area contributed by atoms with E-state index in [4.69, 9.17) is 9.47 Å². The summed E-state index contributed by atoms with van der Waals surface area (Å²) in [6.45, 7) is 7.45. The Morgan fingerprint density at radius 2 is 1.09 bits per heavy atom. The summed E-state index contributed by atoms with van der Waals surface area (Å²) in [6, 6.07) is 18.9. The van der Waals surface area contributed by atoms with E-state index in [1.165, 1.54) is 6.07 Å². The Balaban J connectivity index is 1.53. The molecule has 0 radical (unpaired) electrons. The molecule has 244 valence electrons. The standard InChI is InChI=1S/C38H35F3O4S2/c1-3-36(42)44-24-6-5-8-26-46-33-20-14-29(15-21-33)10-11-31-13-19-32(35(28-31)38(39,40)41)18-12-30-16-22-34(23-17-30)47-27-9-7-25-45-37(43)4-2/h3-4,13-17,19-23,28H,1-2,5-9,24-27H2. The summed E-state index contributed by atoms with van der Waals surface area (Å²) >= 11 is 3.34. The van der Waals surface area contributed by atoms with Gasteiger partial charge in [0.05, 0.1) is 18.8 Å². The number of hydrogen-bond donors (Lipinski definition) is 0. The lowest BCUT2D eigenvalue weighted by molar-refractivity contribution is -0.138. The average Bonchev–Trinajstić information content (AvgIpc) is 3.08. The molecule has 0 heterocycles. The van der Waals surface area contributed by atoms with E-state index >= 15 is 0 Å². The fourth-order valence-corrected chi connectivity index (χ4v) is 5.77. The maximum absolute atomic E-state index is 13.9. The van der Waals surface area contributed by atoms with E-state index in [-0.39, 0.29) is 11.1 Å². The molecule has 0 saturated carbocycles. The van der Waals surface area contributed by atoms with E-state index in [0.717, 1.165) is 71.6 Å². The van der Waals surface area contributed by atoms with Crippen LogP contribution in [0.4, 0.5) is 13.2 Å². The number of esters is 2. The highest BCUT2D eigenvalue weighted by molar-refractivity contribution is 7.99. The highest BCUT2D eigenvalue weighted by Gasteiger charge is 2.33. The smallest absolute Gasteiger partial charge is 0.417 e. The zero-order valence-electron chi connectivity index (χ0n) is 25.9. The predicted molar refractivity (Wildman–Crippen MR) is 183 cm³/mol. The van der Waals surface area contributed by atoms with Crippen molar-refractivity contribution in [2.45, 2.75) is 48.1 Å². The Morgan fingerprint density at radius 1 is 0.638 bits per heavy atom. The Hall–Kier alpha value is -4.31. The van der Waals surface area contributed by atoms with Crippen molar-refractivity contribution in [3.8, 4) is 23.7 Å². The van der Waals surface area contributed by atoms with Gasteiger partial charge in [-0.25, -0.2) is 9.59 Å². The molecule has 0 atom stereocenters. The van der Waals surface area contributed by atoms with Gasteiger partial charge >= 0.3 is 18.1 Å². The van der Waals surface area contributed by atoms with Crippen LogP contribution in [0.3, 0.4) is 0 Å². The molecule has 0 aliphatic heterocycles. The largest absolute Gasteiger partial charge is 0.463 e. The number of benzene rings is 3. The monoisotopic (exact) mass is 676 g/mol. The molecule has 4 nitrogen and oxygen atoms in total. The summed E-state index contributed by atoms with van der Waals surface area (Å²) in [5.41, 5.74) is 0.619. The van der Waals surface area contributed by atoms with E-state index in [1.54, 1.807) is 41.7 Å². The van der Waals surface area contributed by atoms with Gasteiger partial charge in [0.1, 0.15) is 0 Å². The molecule has 0 spiro atoms. The first-order valence-corrected chi connectivity index (χ1v) is 16.9. The van der Waals surface area contributed by atoms with Gasteiger partial charge in [0, 0.05) is 44.2 Å². The molecule has 0 bridgehead atoms. The van der Waals surface area contributed by atoms with Crippen LogP contribution >= 0.6 is 23.5 Å². The minimum absolute atomic E-state index is 0.113. The maximum atomic E-state index is 13.9. The number of carbonyl (C=O) groups excluding carboxylic acids is 2. The highest BCUT2D eigenvalue weighted by atomic mass is 32.2. The summed E-state index contributed by atoms with van der Waals surface area (Å²) in [5, 5.41) is 0. The van der Waals surface area contributed by atoms with Gasteiger partial charge in [-0.15, -0.1) is 23.5 Å². The van der Waals surface area contributed by atoms with Crippen LogP contribution < -0.4 is 0 Å². The van der Waals surface area contributed by atoms with Gasteiger partial charge in [-0.3, -0.25) is 0 Å². The van der Waals surface area contributed by atoms with Crippen LogP contribution in [0.15, 0.2) is 102 Å². The van der Waals surface area contributed by atoms with Crippen LogP contribution in [0.5, 0.6) is 0 Å². The van der Waals surface area contributed by atoms with E-state index in [9.17, 15) is 22.8 Å². The third kappa shape index (κ3) is 14.3. The number of alkyl halides is 3. The summed E-state index contributed by atoms with van der Waals surface area (Å²) < 4.78 is 51.7. The lowest BCUT2D eigenvalue weighted by Crippen LogP contribution is -2.08. The van der Waals surface area contributed by atoms with Crippen molar-refractivity contribution in [3.63, 3.8) is 0 Å². The number of halogens is 3. The Morgan fingerprint density at radius 3 is 1.60 bits per heavy atom. The van der Waals surface area contributed by atoms with Crippen molar-refractivity contribution >= 4 is 35.5 Å². The van der Waals surface area contributed by atoms with E-state index < -0.39 is 23.7 Å². The molecular weight excluding hydrogens is 642 g/mol. The van der Waals surface area contributed by atoms with Gasteiger partial charge in [-0.1, -0.05) is 36.8 Å². The molecule has 9 heteroatoms. The molecule has 0 aromatic heterocycles. The topological polar surface area (TPSA) is 52.6 Å². The van der Waals surface area contributed by atoms with Crippen molar-refractivity contribution in [3.05, 3.63) is 120 Å². The summed E-state index contributed by atoms with van der Waals surface area (Å²) in [4.78, 5) is 24.2. The van der Waals surface area contributed by atoms with Crippen molar-refractivity contribution in [2.24, 2.45) is 0 Å². The van der Waals surface area contributed by atoms with Crippen LogP contribution in [0.1, 0.15) is 59.9 Å². The third-order valence-electron chi connectivity index (χ3n) is 6.41. The fourth-order valence-electron chi connectivity index (χ4n) is 3.95. The first-order chi connectivity index (χ1) is 22.7. The first-order valence-electron chi connectivity index (χ1n) is 15.0. The quantitative estimate of drug-likeness (QED) is 0.0527. The van der Waals surface area contributed by atoms with Gasteiger partial charge in [0.15, 0.2) is 0 Å². The van der Waals surface area contributed by atoms with Gasteiger partial charge in [-0.05, 0) is 110 Å². The van der Waals surface area contributed by atoms with Gasteiger partial charge < -0.3 is 9.47 Å². The van der Waals surface area contributed by atoms with Crippen molar-refractivity contribution in [1.29, 1.82) is 0 Å². The van der Waals surface area contributed by atoms with E-state index in [1.807, 2.05) is 36.4 Å². The Kier molecular flexibility index (Phi) is 15.8. The molecule has 0 saturated heterocycles. The van der Waals surface area contributed by atoms with Crippen molar-refractivity contribution in [2.75, 3.05) is 24.7 Å².